The third-order valence-corrected chi connectivity index (χ3v) is 5.09. The zero-order valence-corrected chi connectivity index (χ0v) is 16.1. The number of likely N-dealkylation sites (tertiary alicyclic amines) is 1. The number of methoxy groups -OCH3 is 1. The molecule has 1 unspecified atom stereocenters. The van der Waals surface area contributed by atoms with Gasteiger partial charge in [0.25, 0.3) is 0 Å². The summed E-state index contributed by atoms with van der Waals surface area (Å²) in [6.45, 7) is 3.40. The molecule has 1 amide bonds. The molecule has 1 atom stereocenters. The van der Waals surface area contributed by atoms with Crippen molar-refractivity contribution in [3.05, 3.63) is 23.2 Å². The van der Waals surface area contributed by atoms with Gasteiger partial charge in [-0.15, -0.1) is 0 Å². The summed E-state index contributed by atoms with van der Waals surface area (Å²) in [6.07, 6.45) is 1.67. The minimum Gasteiger partial charge on any atom is -0.495 e. The number of hydrogen-bond donors (Lipinski definition) is 2. The van der Waals surface area contributed by atoms with Crippen LogP contribution in [0, 0.1) is 0 Å². The van der Waals surface area contributed by atoms with Gasteiger partial charge in [0.05, 0.1) is 25.4 Å². The van der Waals surface area contributed by atoms with Gasteiger partial charge in [0.15, 0.2) is 0 Å². The van der Waals surface area contributed by atoms with Crippen LogP contribution in [-0.4, -0.2) is 72.7 Å². The Bertz CT molecular complexity index is 647. The summed E-state index contributed by atoms with van der Waals surface area (Å²) < 4.78 is 5.26. The molecule has 26 heavy (non-hydrogen) atoms. The molecule has 1 heterocycles. The van der Waals surface area contributed by atoms with Crippen molar-refractivity contribution in [2.75, 3.05) is 39.1 Å². The molecule has 0 saturated carbocycles. The first-order valence-corrected chi connectivity index (χ1v) is 9.00. The molecule has 144 valence electrons. The monoisotopic (exact) mass is 383 g/mol. The lowest BCUT2D eigenvalue weighted by molar-refractivity contribution is -0.138. The number of nitrogens with zero attached hydrogens (tertiary/aromatic N) is 2. The number of carboxylic acids is 1. The minimum absolute atomic E-state index is 0.0370. The standard InChI is InChI=1S/C18H26ClN3O4/c1-12(18(25)20-15-10-13(19)4-5-16(15)26-3)22-8-6-14(7-9-22)21(2)11-17(23)24/h4-5,10,12,14H,6-9,11H2,1-3H3,(H,20,25)(H,23,24). The first kappa shape index (κ1) is 20.5. The number of amides is 1. The predicted octanol–water partition coefficient (Wildman–Crippen LogP) is 2.16. The van der Waals surface area contributed by atoms with Crippen LogP contribution < -0.4 is 10.1 Å². The van der Waals surface area contributed by atoms with Crippen molar-refractivity contribution in [3.63, 3.8) is 0 Å². The van der Waals surface area contributed by atoms with Crippen molar-refractivity contribution in [2.24, 2.45) is 0 Å². The number of ether oxygens (including phenoxy) is 1. The van der Waals surface area contributed by atoms with Gasteiger partial charge in [-0.2, -0.15) is 0 Å². The summed E-state index contributed by atoms with van der Waals surface area (Å²) >= 11 is 6.00. The predicted molar refractivity (Wildman–Crippen MR) is 101 cm³/mol. The van der Waals surface area contributed by atoms with Gasteiger partial charge in [-0.1, -0.05) is 11.6 Å². The van der Waals surface area contributed by atoms with Gasteiger partial charge in [-0.3, -0.25) is 19.4 Å². The molecule has 0 spiro atoms. The molecular formula is C18H26ClN3O4. The van der Waals surface area contributed by atoms with E-state index in [1.54, 1.807) is 25.3 Å². The Morgan fingerprint density at radius 1 is 1.42 bits per heavy atom. The average molecular weight is 384 g/mol. The normalized spacial score (nSPS) is 17.1. The van der Waals surface area contributed by atoms with Gasteiger partial charge >= 0.3 is 5.97 Å². The highest BCUT2D eigenvalue weighted by molar-refractivity contribution is 6.31. The number of benzene rings is 1. The third kappa shape index (κ3) is 5.33. The van der Waals surface area contributed by atoms with Crippen LogP contribution in [0.4, 0.5) is 5.69 Å². The molecule has 1 fully saturated rings. The molecular weight excluding hydrogens is 358 g/mol. The second kappa shape index (κ2) is 9.21. The van der Waals surface area contributed by atoms with Gasteiger partial charge in [0, 0.05) is 24.2 Å². The number of piperidine rings is 1. The van der Waals surface area contributed by atoms with E-state index < -0.39 is 5.97 Å². The lowest BCUT2D eigenvalue weighted by Crippen LogP contribution is -2.50. The van der Waals surface area contributed by atoms with Gasteiger partial charge in [-0.05, 0) is 45.0 Å². The largest absolute Gasteiger partial charge is 0.495 e. The average Bonchev–Trinajstić information content (AvgIpc) is 2.60. The van der Waals surface area contributed by atoms with Gasteiger partial charge < -0.3 is 15.2 Å². The maximum absolute atomic E-state index is 12.6. The summed E-state index contributed by atoms with van der Waals surface area (Å²) in [5.41, 5.74) is 0.549. The van der Waals surface area contributed by atoms with Crippen LogP contribution >= 0.6 is 11.6 Å². The number of nitrogens with one attached hydrogen (secondary N) is 1. The van der Waals surface area contributed by atoms with E-state index in [1.165, 1.54) is 0 Å². The summed E-state index contributed by atoms with van der Waals surface area (Å²) in [5.74, 6) is -0.384. The number of aliphatic carboxylic acids is 1. The molecule has 0 bridgehead atoms. The van der Waals surface area contributed by atoms with Crippen molar-refractivity contribution in [1.29, 1.82) is 0 Å². The number of carboxylic acid groups (broad SMARTS) is 1. The summed E-state index contributed by atoms with van der Waals surface area (Å²) in [7, 11) is 3.37. The van der Waals surface area contributed by atoms with E-state index in [0.29, 0.717) is 16.5 Å². The van der Waals surface area contributed by atoms with Crippen molar-refractivity contribution >= 4 is 29.2 Å². The molecule has 0 aliphatic carbocycles. The lowest BCUT2D eigenvalue weighted by Gasteiger charge is -2.38. The van der Waals surface area contributed by atoms with Crippen LogP contribution in [0.25, 0.3) is 0 Å². The smallest absolute Gasteiger partial charge is 0.317 e. The first-order chi connectivity index (χ1) is 12.3. The number of hydrogen-bond acceptors (Lipinski definition) is 5. The fourth-order valence-electron chi connectivity index (χ4n) is 3.24. The summed E-state index contributed by atoms with van der Waals surface area (Å²) in [6, 6.07) is 5.01. The number of carbonyl (C=O) groups is 2. The zero-order valence-electron chi connectivity index (χ0n) is 15.4. The van der Waals surface area contributed by atoms with Crippen LogP contribution in [0.3, 0.4) is 0 Å². The van der Waals surface area contributed by atoms with Crippen LogP contribution in [0.15, 0.2) is 18.2 Å². The molecule has 2 N–H and O–H groups in total. The highest BCUT2D eigenvalue weighted by atomic mass is 35.5. The molecule has 1 aliphatic rings. The number of likely N-dealkylation sites (N-methyl/N-ethyl adjacent to an activating group) is 1. The van der Waals surface area contributed by atoms with E-state index >= 15 is 0 Å². The Morgan fingerprint density at radius 2 is 2.08 bits per heavy atom. The number of halogens is 1. The van der Waals surface area contributed by atoms with E-state index in [0.717, 1.165) is 25.9 Å². The molecule has 1 aliphatic heterocycles. The zero-order chi connectivity index (χ0) is 19.3. The Balaban J connectivity index is 1.92. The Hall–Kier alpha value is -1.83. The maximum atomic E-state index is 12.6. The maximum Gasteiger partial charge on any atom is 0.317 e. The van der Waals surface area contributed by atoms with Gasteiger partial charge in [-0.25, -0.2) is 0 Å². The van der Waals surface area contributed by atoms with Crippen molar-refractivity contribution in [1.82, 2.24) is 9.80 Å². The first-order valence-electron chi connectivity index (χ1n) is 8.62. The topological polar surface area (TPSA) is 82.1 Å². The van der Waals surface area contributed by atoms with Gasteiger partial charge in [0.1, 0.15) is 5.75 Å². The van der Waals surface area contributed by atoms with Gasteiger partial charge in [0.2, 0.25) is 5.91 Å². The van der Waals surface area contributed by atoms with Crippen molar-refractivity contribution in [2.45, 2.75) is 31.8 Å². The molecule has 0 aromatic heterocycles. The molecule has 1 saturated heterocycles. The Kier molecular flexibility index (Phi) is 7.25. The molecule has 0 radical (unpaired) electrons. The van der Waals surface area contributed by atoms with E-state index in [9.17, 15) is 9.59 Å². The molecule has 1 aromatic carbocycles. The molecule has 7 nitrogen and oxygen atoms in total. The van der Waals surface area contributed by atoms with E-state index in [2.05, 4.69) is 10.2 Å². The van der Waals surface area contributed by atoms with E-state index in [-0.39, 0.29) is 24.5 Å². The summed E-state index contributed by atoms with van der Waals surface area (Å²) in [5, 5.41) is 12.3. The second-order valence-corrected chi connectivity index (χ2v) is 7.02. The lowest BCUT2D eigenvalue weighted by atomic mass is 10.0. The van der Waals surface area contributed by atoms with Crippen LogP contribution in [0.5, 0.6) is 5.75 Å². The van der Waals surface area contributed by atoms with Crippen molar-refractivity contribution < 1.29 is 19.4 Å². The fraction of sp³-hybridized carbons (Fsp3) is 0.556. The second-order valence-electron chi connectivity index (χ2n) is 6.59. The highest BCUT2D eigenvalue weighted by Crippen LogP contribution is 2.28. The fourth-order valence-corrected chi connectivity index (χ4v) is 3.41. The van der Waals surface area contributed by atoms with Crippen molar-refractivity contribution in [3.8, 4) is 5.75 Å². The minimum atomic E-state index is -0.821. The highest BCUT2D eigenvalue weighted by Gasteiger charge is 2.29. The third-order valence-electron chi connectivity index (χ3n) is 4.85. The number of anilines is 1. The van der Waals surface area contributed by atoms with Crippen LogP contribution in [-0.2, 0) is 9.59 Å². The number of carbonyl (C=O) groups excluding carboxylic acids is 1. The quantitative estimate of drug-likeness (QED) is 0.750. The molecule has 8 heteroatoms. The van der Waals surface area contributed by atoms with E-state index in [1.807, 2.05) is 18.9 Å². The Labute approximate surface area is 158 Å². The number of rotatable bonds is 7. The summed E-state index contributed by atoms with van der Waals surface area (Å²) in [4.78, 5) is 27.4. The van der Waals surface area contributed by atoms with Crippen LogP contribution in [0.2, 0.25) is 5.02 Å². The van der Waals surface area contributed by atoms with E-state index in [4.69, 9.17) is 21.4 Å². The molecule has 1 aromatic rings. The SMILES string of the molecule is COc1ccc(Cl)cc1NC(=O)C(C)N1CCC(N(C)CC(=O)O)CC1. The van der Waals surface area contributed by atoms with Crippen LogP contribution in [0.1, 0.15) is 19.8 Å². The Morgan fingerprint density at radius 3 is 2.65 bits per heavy atom. The molecule has 2 rings (SSSR count).